The van der Waals surface area contributed by atoms with Crippen LogP contribution in [0.15, 0.2) is 30.5 Å². The Morgan fingerprint density at radius 2 is 2.00 bits per heavy atom. The van der Waals surface area contributed by atoms with Crippen LogP contribution in [-0.4, -0.2) is 39.4 Å². The predicted molar refractivity (Wildman–Crippen MR) is 137 cm³/mol. The van der Waals surface area contributed by atoms with Gasteiger partial charge in [-0.2, -0.15) is 4.98 Å². The molecule has 0 unspecified atom stereocenters. The van der Waals surface area contributed by atoms with Crippen molar-refractivity contribution in [2.24, 2.45) is 29.4 Å². The maximum atomic E-state index is 14.3. The number of carbonyl (C=O) groups is 3. The first kappa shape index (κ1) is 26.8. The Morgan fingerprint density at radius 1 is 1.24 bits per heavy atom. The van der Waals surface area contributed by atoms with Gasteiger partial charge >= 0.3 is 6.09 Å². The van der Waals surface area contributed by atoms with E-state index in [0.29, 0.717) is 24.1 Å². The van der Waals surface area contributed by atoms with Crippen molar-refractivity contribution in [3.63, 3.8) is 0 Å². The van der Waals surface area contributed by atoms with Gasteiger partial charge in [0, 0.05) is 23.7 Å². The summed E-state index contributed by atoms with van der Waals surface area (Å²) in [5, 5.41) is 5.60. The van der Waals surface area contributed by atoms with E-state index in [4.69, 9.17) is 22.1 Å². The summed E-state index contributed by atoms with van der Waals surface area (Å²) >= 11 is 5.83. The van der Waals surface area contributed by atoms with Gasteiger partial charge < -0.3 is 15.8 Å². The number of amides is 2. The van der Waals surface area contributed by atoms with E-state index in [1.54, 1.807) is 45.0 Å². The van der Waals surface area contributed by atoms with Gasteiger partial charge in [0.1, 0.15) is 5.60 Å². The Bertz CT molecular complexity index is 1200. The van der Waals surface area contributed by atoms with Crippen molar-refractivity contribution < 1.29 is 23.5 Å². The highest BCUT2D eigenvalue weighted by molar-refractivity contribution is 6.28. The number of hydrogen-bond acceptors (Lipinski definition) is 7. The monoisotopic (exact) mass is 531 g/mol. The number of aromatic nitrogens is 2. The van der Waals surface area contributed by atoms with E-state index in [0.717, 1.165) is 19.0 Å². The van der Waals surface area contributed by atoms with Crippen molar-refractivity contribution >= 4 is 40.9 Å². The molecule has 2 saturated carbocycles. The largest absolute Gasteiger partial charge is 0.444 e. The highest BCUT2D eigenvalue weighted by Gasteiger charge is 2.54. The maximum Gasteiger partial charge on any atom is 0.412 e. The van der Waals surface area contributed by atoms with Gasteiger partial charge in [0.05, 0.1) is 12.1 Å². The molecule has 1 aromatic carbocycles. The number of carbonyl (C=O) groups excluding carboxylic acids is 3. The SMILES string of the molecule is CC(C)(C)OC(=O)Nc1cccc(C(=O)CC[C@@H]2C[C@@H]3C[C@H]2[C@@H](Nc2nc(Cl)ncc2F)[C@H]3C(N)=O)c1. The highest BCUT2D eigenvalue weighted by atomic mass is 35.5. The molecular weight excluding hydrogens is 501 g/mol. The number of Topliss-reactive ketones (excluding diaryl/α,β-unsaturated/α-hetero) is 1. The smallest absolute Gasteiger partial charge is 0.412 e. The van der Waals surface area contributed by atoms with Crippen LogP contribution in [0.3, 0.4) is 0 Å². The summed E-state index contributed by atoms with van der Waals surface area (Å²) < 4.78 is 19.5. The number of nitrogens with two attached hydrogens (primary N) is 1. The molecule has 0 radical (unpaired) electrons. The molecule has 11 heteroatoms. The average molecular weight is 532 g/mol. The highest BCUT2D eigenvalue weighted by Crippen LogP contribution is 2.54. The Hall–Kier alpha value is -3.27. The lowest BCUT2D eigenvalue weighted by atomic mass is 9.75. The van der Waals surface area contributed by atoms with Crippen molar-refractivity contribution in [3.8, 4) is 0 Å². The number of anilines is 2. The topological polar surface area (TPSA) is 136 Å². The first-order chi connectivity index (χ1) is 17.4. The number of ether oxygens (including phenoxy) is 1. The van der Waals surface area contributed by atoms with E-state index in [-0.39, 0.29) is 34.6 Å². The molecule has 2 aliphatic rings. The minimum Gasteiger partial charge on any atom is -0.444 e. The molecule has 0 spiro atoms. The van der Waals surface area contributed by atoms with Crippen molar-refractivity contribution in [1.82, 2.24) is 9.97 Å². The van der Waals surface area contributed by atoms with Gasteiger partial charge in [-0.25, -0.2) is 14.2 Å². The fourth-order valence-electron chi connectivity index (χ4n) is 5.69. The molecule has 37 heavy (non-hydrogen) atoms. The maximum absolute atomic E-state index is 14.3. The number of ketones is 1. The van der Waals surface area contributed by atoms with Crippen LogP contribution in [0.4, 0.5) is 20.7 Å². The number of nitrogens with one attached hydrogen (secondary N) is 2. The second kappa shape index (κ2) is 10.6. The Balaban J connectivity index is 1.40. The molecular formula is C26H31ClFN5O4. The summed E-state index contributed by atoms with van der Waals surface area (Å²) in [5.74, 6) is -1.43. The standard InChI is InChI=1S/C26H31ClFN5O4/c1-26(2,3)37-25(36)31-16-6-4-5-14(10-16)19(34)8-7-13-9-15-11-17(13)21(20(15)22(29)35)32-23-18(28)12-30-24(27)33-23/h4-6,10,12-13,15,17,20-21H,7-9,11H2,1-3H3,(H2,29,35)(H,31,36)(H,30,32,33)/t13-,15-,17-,20+,21-/m1/s1. The van der Waals surface area contributed by atoms with Gasteiger partial charge in [-0.15, -0.1) is 0 Å². The van der Waals surface area contributed by atoms with Gasteiger partial charge in [-0.1, -0.05) is 12.1 Å². The van der Waals surface area contributed by atoms with Crippen LogP contribution in [0.2, 0.25) is 5.28 Å². The molecule has 4 rings (SSSR count). The molecule has 2 aromatic rings. The van der Waals surface area contributed by atoms with Gasteiger partial charge in [-0.3, -0.25) is 14.9 Å². The number of halogens is 2. The first-order valence-corrected chi connectivity index (χ1v) is 12.7. The lowest BCUT2D eigenvalue weighted by Gasteiger charge is -2.35. The molecule has 0 aliphatic heterocycles. The van der Waals surface area contributed by atoms with Crippen molar-refractivity contribution in [2.75, 3.05) is 10.6 Å². The van der Waals surface area contributed by atoms with Crippen LogP contribution in [0, 0.1) is 29.5 Å². The van der Waals surface area contributed by atoms with E-state index in [1.807, 2.05) is 0 Å². The zero-order chi connectivity index (χ0) is 26.9. The third kappa shape index (κ3) is 6.36. The zero-order valence-corrected chi connectivity index (χ0v) is 21.7. The van der Waals surface area contributed by atoms with Crippen molar-refractivity contribution in [2.45, 2.75) is 58.1 Å². The summed E-state index contributed by atoms with van der Waals surface area (Å²) in [6.45, 7) is 5.31. The van der Waals surface area contributed by atoms with Crippen LogP contribution < -0.4 is 16.4 Å². The third-order valence-corrected chi connectivity index (χ3v) is 7.24. The molecule has 0 saturated heterocycles. The molecule has 2 aliphatic carbocycles. The van der Waals surface area contributed by atoms with Gasteiger partial charge in [0.15, 0.2) is 17.4 Å². The van der Waals surface area contributed by atoms with E-state index >= 15 is 0 Å². The lowest BCUT2D eigenvalue weighted by molar-refractivity contribution is -0.123. The Morgan fingerprint density at radius 3 is 2.70 bits per heavy atom. The van der Waals surface area contributed by atoms with Gasteiger partial charge in [0.25, 0.3) is 0 Å². The fourth-order valence-corrected chi connectivity index (χ4v) is 5.82. The number of fused-ring (bicyclic) bond motifs is 2. The molecule has 198 valence electrons. The number of primary amides is 1. The minimum absolute atomic E-state index is 0.0311. The molecule has 5 atom stereocenters. The number of nitrogens with zero attached hydrogens (tertiary/aromatic N) is 2. The molecule has 4 N–H and O–H groups in total. The van der Waals surface area contributed by atoms with Crippen LogP contribution >= 0.6 is 11.6 Å². The summed E-state index contributed by atoms with van der Waals surface area (Å²) in [5.41, 5.74) is 6.02. The van der Waals surface area contributed by atoms with E-state index in [1.165, 1.54) is 0 Å². The second-order valence-corrected chi connectivity index (χ2v) is 11.1. The number of rotatable bonds is 8. The van der Waals surface area contributed by atoms with E-state index in [2.05, 4.69) is 20.6 Å². The van der Waals surface area contributed by atoms with Gasteiger partial charge in [0.2, 0.25) is 11.2 Å². The summed E-state index contributed by atoms with van der Waals surface area (Å²) in [6.07, 6.45) is 2.83. The second-order valence-electron chi connectivity index (χ2n) is 10.8. The van der Waals surface area contributed by atoms with E-state index in [9.17, 15) is 18.8 Å². The zero-order valence-electron chi connectivity index (χ0n) is 21.0. The molecule has 2 bridgehead atoms. The molecule has 1 aromatic heterocycles. The fraction of sp³-hybridized carbons (Fsp3) is 0.500. The normalized spacial score (nSPS) is 24.5. The predicted octanol–water partition coefficient (Wildman–Crippen LogP) is 4.82. The van der Waals surface area contributed by atoms with Crippen LogP contribution in [-0.2, 0) is 9.53 Å². The first-order valence-electron chi connectivity index (χ1n) is 12.3. The lowest BCUT2D eigenvalue weighted by Crippen LogP contribution is -2.45. The minimum atomic E-state index is -0.665. The third-order valence-electron chi connectivity index (χ3n) is 7.06. The number of hydrogen-bond donors (Lipinski definition) is 3. The van der Waals surface area contributed by atoms with Crippen molar-refractivity contribution in [3.05, 3.63) is 47.1 Å². The summed E-state index contributed by atoms with van der Waals surface area (Å²) in [4.78, 5) is 44.8. The summed E-state index contributed by atoms with van der Waals surface area (Å²) in [6, 6.07) is 6.32. The van der Waals surface area contributed by atoms with Crippen LogP contribution in [0.5, 0.6) is 0 Å². The summed E-state index contributed by atoms with van der Waals surface area (Å²) in [7, 11) is 0. The van der Waals surface area contributed by atoms with Crippen LogP contribution in [0.25, 0.3) is 0 Å². The Labute approximate surface area is 219 Å². The molecule has 2 fully saturated rings. The van der Waals surface area contributed by atoms with Crippen LogP contribution in [0.1, 0.15) is 56.8 Å². The average Bonchev–Trinajstić information content (AvgIpc) is 3.37. The number of benzene rings is 1. The Kier molecular flexibility index (Phi) is 7.68. The molecule has 2 amide bonds. The quantitative estimate of drug-likeness (QED) is 0.328. The van der Waals surface area contributed by atoms with Gasteiger partial charge in [-0.05, 0) is 81.5 Å². The van der Waals surface area contributed by atoms with E-state index < -0.39 is 35.4 Å². The van der Waals surface area contributed by atoms with Crippen molar-refractivity contribution in [1.29, 1.82) is 0 Å². The molecule has 1 heterocycles. The molecule has 9 nitrogen and oxygen atoms in total.